The second-order valence-corrected chi connectivity index (χ2v) is 5.37. The topological polar surface area (TPSA) is 72.2 Å². The highest BCUT2D eigenvalue weighted by Crippen LogP contribution is 2.20. The van der Waals surface area contributed by atoms with Gasteiger partial charge in [0.15, 0.2) is 6.29 Å². The summed E-state index contributed by atoms with van der Waals surface area (Å²) in [5.41, 5.74) is 1.38. The van der Waals surface area contributed by atoms with Crippen molar-refractivity contribution in [1.29, 1.82) is 0 Å². The van der Waals surface area contributed by atoms with Crippen molar-refractivity contribution in [3.05, 3.63) is 52.1 Å². The summed E-state index contributed by atoms with van der Waals surface area (Å²) < 4.78 is 1.80. The van der Waals surface area contributed by atoms with Crippen LogP contribution in [-0.2, 0) is 13.0 Å². The minimum Gasteiger partial charge on any atom is -0.478 e. The Bertz CT molecular complexity index is 677. The highest BCUT2D eigenvalue weighted by atomic mass is 35.5. The zero-order valence-corrected chi connectivity index (χ0v) is 13.0. The molecule has 0 atom stereocenters. The Morgan fingerprint density at radius 1 is 1.36 bits per heavy atom. The molecule has 1 aromatic heterocycles. The summed E-state index contributed by atoms with van der Waals surface area (Å²) in [6.45, 7) is 2.54. The van der Waals surface area contributed by atoms with E-state index in [9.17, 15) is 9.59 Å². The van der Waals surface area contributed by atoms with Crippen LogP contribution >= 0.6 is 11.6 Å². The first kappa shape index (κ1) is 16.2. The number of imidazole rings is 1. The molecule has 2 rings (SSSR count). The summed E-state index contributed by atoms with van der Waals surface area (Å²) in [6, 6.07) is 6.58. The van der Waals surface area contributed by atoms with E-state index in [2.05, 4.69) is 11.9 Å². The smallest absolute Gasteiger partial charge is 0.335 e. The maximum absolute atomic E-state index is 11.0. The molecule has 0 amide bonds. The SMILES string of the molecule is CCCCc1nc(C=O)c(Cl)n1Cc1ccc(C(=O)O)cc1. The van der Waals surface area contributed by atoms with Gasteiger partial charge in [-0.15, -0.1) is 0 Å². The zero-order chi connectivity index (χ0) is 16.1. The largest absolute Gasteiger partial charge is 0.478 e. The van der Waals surface area contributed by atoms with E-state index in [1.54, 1.807) is 28.8 Å². The molecule has 1 aromatic carbocycles. The number of unbranched alkanes of at least 4 members (excludes halogenated alkanes) is 1. The van der Waals surface area contributed by atoms with Crippen LogP contribution in [0.25, 0.3) is 0 Å². The van der Waals surface area contributed by atoms with Crippen molar-refractivity contribution in [2.75, 3.05) is 0 Å². The van der Waals surface area contributed by atoms with Gasteiger partial charge in [0.05, 0.1) is 12.1 Å². The fraction of sp³-hybridized carbons (Fsp3) is 0.312. The Morgan fingerprint density at radius 3 is 2.59 bits per heavy atom. The molecular weight excluding hydrogens is 304 g/mol. The molecule has 116 valence electrons. The van der Waals surface area contributed by atoms with Crippen molar-refractivity contribution in [3.8, 4) is 0 Å². The molecule has 0 fully saturated rings. The van der Waals surface area contributed by atoms with E-state index >= 15 is 0 Å². The summed E-state index contributed by atoms with van der Waals surface area (Å²) in [7, 11) is 0. The van der Waals surface area contributed by atoms with Crippen molar-refractivity contribution < 1.29 is 14.7 Å². The van der Waals surface area contributed by atoms with Crippen LogP contribution in [0.2, 0.25) is 5.15 Å². The van der Waals surface area contributed by atoms with Gasteiger partial charge in [-0.05, 0) is 24.1 Å². The highest BCUT2D eigenvalue weighted by molar-refractivity contribution is 6.31. The quantitative estimate of drug-likeness (QED) is 0.793. The van der Waals surface area contributed by atoms with Crippen LogP contribution in [0.1, 0.15) is 52.0 Å². The molecule has 2 aromatic rings. The number of aromatic nitrogens is 2. The number of carbonyl (C=O) groups excluding carboxylic acids is 1. The molecule has 0 bridgehead atoms. The van der Waals surface area contributed by atoms with Crippen LogP contribution in [0.3, 0.4) is 0 Å². The zero-order valence-electron chi connectivity index (χ0n) is 12.3. The molecule has 0 spiro atoms. The fourth-order valence-electron chi connectivity index (χ4n) is 2.19. The molecule has 0 aliphatic carbocycles. The standard InChI is InChI=1S/C16H17ClN2O3/c1-2-3-4-14-18-13(10-20)15(17)19(14)9-11-5-7-12(8-6-11)16(21)22/h5-8,10H,2-4,9H2,1H3,(H,21,22). The summed E-state index contributed by atoms with van der Waals surface area (Å²) >= 11 is 6.22. The molecule has 0 unspecified atom stereocenters. The lowest BCUT2D eigenvalue weighted by atomic mass is 10.1. The Morgan fingerprint density at radius 2 is 2.05 bits per heavy atom. The van der Waals surface area contributed by atoms with Gasteiger partial charge < -0.3 is 9.67 Å². The number of hydrogen-bond donors (Lipinski definition) is 1. The predicted octanol–water partition coefficient (Wildman–Crippen LogP) is 3.44. The number of rotatable bonds is 7. The van der Waals surface area contributed by atoms with E-state index in [1.165, 1.54) is 0 Å². The maximum atomic E-state index is 11.0. The second-order valence-electron chi connectivity index (χ2n) is 5.01. The number of carboxylic acids is 1. The number of halogens is 1. The highest BCUT2D eigenvalue weighted by Gasteiger charge is 2.15. The van der Waals surface area contributed by atoms with Gasteiger partial charge in [0.2, 0.25) is 0 Å². The third kappa shape index (κ3) is 3.54. The summed E-state index contributed by atoms with van der Waals surface area (Å²) in [6.07, 6.45) is 3.39. The molecule has 5 nitrogen and oxygen atoms in total. The van der Waals surface area contributed by atoms with Crippen LogP contribution < -0.4 is 0 Å². The molecule has 6 heteroatoms. The summed E-state index contributed by atoms with van der Waals surface area (Å²) in [4.78, 5) is 26.2. The van der Waals surface area contributed by atoms with E-state index in [4.69, 9.17) is 16.7 Å². The van der Waals surface area contributed by atoms with Gasteiger partial charge >= 0.3 is 5.97 Å². The first-order valence-electron chi connectivity index (χ1n) is 7.09. The molecular formula is C16H17ClN2O3. The van der Waals surface area contributed by atoms with Gasteiger partial charge in [0.25, 0.3) is 0 Å². The number of aldehydes is 1. The monoisotopic (exact) mass is 320 g/mol. The van der Waals surface area contributed by atoms with E-state index in [0.717, 1.165) is 30.7 Å². The number of carbonyl (C=O) groups is 2. The Hall–Kier alpha value is -2.14. The number of nitrogens with zero attached hydrogens (tertiary/aromatic N) is 2. The van der Waals surface area contributed by atoms with Crippen LogP contribution in [-0.4, -0.2) is 26.9 Å². The molecule has 0 saturated heterocycles. The van der Waals surface area contributed by atoms with Crippen molar-refractivity contribution >= 4 is 23.9 Å². The van der Waals surface area contributed by atoms with Crippen molar-refractivity contribution in [1.82, 2.24) is 9.55 Å². The Labute approximate surface area is 133 Å². The molecule has 1 heterocycles. The van der Waals surface area contributed by atoms with Crippen LogP contribution in [0.4, 0.5) is 0 Å². The number of benzene rings is 1. The lowest BCUT2D eigenvalue weighted by Gasteiger charge is -2.09. The first-order valence-corrected chi connectivity index (χ1v) is 7.47. The molecule has 22 heavy (non-hydrogen) atoms. The maximum Gasteiger partial charge on any atom is 0.335 e. The van der Waals surface area contributed by atoms with E-state index in [-0.39, 0.29) is 11.3 Å². The van der Waals surface area contributed by atoms with Gasteiger partial charge in [-0.2, -0.15) is 0 Å². The van der Waals surface area contributed by atoms with Gasteiger partial charge in [-0.3, -0.25) is 4.79 Å². The number of aryl methyl sites for hydroxylation is 1. The van der Waals surface area contributed by atoms with Gasteiger partial charge in [-0.1, -0.05) is 37.1 Å². The molecule has 0 aliphatic heterocycles. The minimum absolute atomic E-state index is 0.236. The lowest BCUT2D eigenvalue weighted by molar-refractivity contribution is 0.0696. The average Bonchev–Trinajstić information content (AvgIpc) is 2.82. The van der Waals surface area contributed by atoms with E-state index in [0.29, 0.717) is 18.0 Å². The van der Waals surface area contributed by atoms with Crippen LogP contribution in [0, 0.1) is 0 Å². The normalized spacial score (nSPS) is 10.6. The predicted molar refractivity (Wildman–Crippen MR) is 83.7 cm³/mol. The number of carboxylic acid groups (broad SMARTS) is 1. The van der Waals surface area contributed by atoms with E-state index < -0.39 is 5.97 Å². The molecule has 0 saturated carbocycles. The van der Waals surface area contributed by atoms with Crippen LogP contribution in [0.5, 0.6) is 0 Å². The first-order chi connectivity index (χ1) is 10.6. The second kappa shape index (κ2) is 7.22. The van der Waals surface area contributed by atoms with Gasteiger partial charge in [0, 0.05) is 6.42 Å². The summed E-state index contributed by atoms with van der Waals surface area (Å²) in [5, 5.41) is 9.23. The van der Waals surface area contributed by atoms with Crippen molar-refractivity contribution in [2.24, 2.45) is 0 Å². The van der Waals surface area contributed by atoms with Gasteiger partial charge in [0.1, 0.15) is 16.7 Å². The van der Waals surface area contributed by atoms with Crippen molar-refractivity contribution in [3.63, 3.8) is 0 Å². The number of aromatic carboxylic acids is 1. The number of hydrogen-bond acceptors (Lipinski definition) is 3. The average molecular weight is 321 g/mol. The Balaban J connectivity index is 2.28. The Kier molecular flexibility index (Phi) is 5.33. The van der Waals surface area contributed by atoms with E-state index in [1.807, 2.05) is 0 Å². The third-order valence-corrected chi connectivity index (χ3v) is 3.81. The molecule has 0 radical (unpaired) electrons. The molecule has 1 N–H and O–H groups in total. The van der Waals surface area contributed by atoms with Crippen molar-refractivity contribution in [2.45, 2.75) is 32.7 Å². The fourth-order valence-corrected chi connectivity index (χ4v) is 2.44. The van der Waals surface area contributed by atoms with Gasteiger partial charge in [-0.25, -0.2) is 9.78 Å². The minimum atomic E-state index is -0.959. The molecule has 0 aliphatic rings. The lowest BCUT2D eigenvalue weighted by Crippen LogP contribution is -2.06. The summed E-state index contributed by atoms with van der Waals surface area (Å²) in [5.74, 6) is -0.185. The third-order valence-electron chi connectivity index (χ3n) is 3.42. The van der Waals surface area contributed by atoms with Crippen LogP contribution in [0.15, 0.2) is 24.3 Å².